The van der Waals surface area contributed by atoms with Gasteiger partial charge in [-0.3, -0.25) is 4.79 Å². The highest BCUT2D eigenvalue weighted by Gasteiger charge is 2.26. The number of aromatic nitrogens is 1. The molecule has 0 saturated carbocycles. The number of ether oxygens (including phenoxy) is 1. The summed E-state index contributed by atoms with van der Waals surface area (Å²) in [5.41, 5.74) is -0.301. The van der Waals surface area contributed by atoms with Gasteiger partial charge in [0.1, 0.15) is 21.5 Å². The maximum atomic E-state index is 12.4. The third-order valence-corrected chi connectivity index (χ3v) is 5.87. The van der Waals surface area contributed by atoms with E-state index in [-0.39, 0.29) is 16.6 Å². The van der Waals surface area contributed by atoms with Crippen molar-refractivity contribution in [3.63, 3.8) is 0 Å². The summed E-state index contributed by atoms with van der Waals surface area (Å²) >= 11 is 5.75. The van der Waals surface area contributed by atoms with Crippen molar-refractivity contribution in [1.82, 2.24) is 9.71 Å². The number of rotatable bonds is 5. The molecular weight excluding hydrogens is 392 g/mol. The Balaban J connectivity index is 2.44. The standard InChI is InChI=1S/C14H13ClN2O6S2/c1-23-9-7-10(16-13(15)8-9)14(18)17-25(21,22)12-6-4-3-5-11(12)24(2,19)20/h3-8H,1-2H3,(H,17,18). The fourth-order valence-corrected chi connectivity index (χ4v) is 4.71. The summed E-state index contributed by atoms with van der Waals surface area (Å²) in [5, 5.41) is -0.0709. The number of carbonyl (C=O) groups excluding carboxylic acids is 1. The number of nitrogens with one attached hydrogen (secondary N) is 1. The molecule has 1 aromatic heterocycles. The normalized spacial score (nSPS) is 11.8. The van der Waals surface area contributed by atoms with Gasteiger partial charge in [0, 0.05) is 18.4 Å². The topological polar surface area (TPSA) is 119 Å². The van der Waals surface area contributed by atoms with Crippen molar-refractivity contribution in [3.05, 3.63) is 47.2 Å². The molecule has 25 heavy (non-hydrogen) atoms. The van der Waals surface area contributed by atoms with Crippen molar-refractivity contribution in [2.45, 2.75) is 9.79 Å². The van der Waals surface area contributed by atoms with E-state index in [1.165, 1.54) is 31.4 Å². The van der Waals surface area contributed by atoms with Gasteiger partial charge in [-0.1, -0.05) is 23.7 Å². The first-order valence-corrected chi connectivity index (χ1v) is 10.4. The van der Waals surface area contributed by atoms with E-state index in [1.807, 2.05) is 0 Å². The van der Waals surface area contributed by atoms with Gasteiger partial charge in [0.25, 0.3) is 15.9 Å². The van der Waals surface area contributed by atoms with Crippen LogP contribution in [0.5, 0.6) is 5.75 Å². The third-order valence-electron chi connectivity index (χ3n) is 3.00. The van der Waals surface area contributed by atoms with Gasteiger partial charge in [-0.15, -0.1) is 0 Å². The zero-order chi connectivity index (χ0) is 18.8. The second-order valence-electron chi connectivity index (χ2n) is 4.87. The van der Waals surface area contributed by atoms with Crippen molar-refractivity contribution < 1.29 is 26.4 Å². The minimum atomic E-state index is -4.46. The smallest absolute Gasteiger partial charge is 0.283 e. The molecule has 0 aliphatic rings. The largest absolute Gasteiger partial charge is 0.497 e. The molecule has 1 heterocycles. The average molecular weight is 405 g/mol. The molecule has 0 fully saturated rings. The first-order chi connectivity index (χ1) is 11.5. The number of hydrogen-bond donors (Lipinski definition) is 1. The Hall–Kier alpha value is -2.17. The summed E-state index contributed by atoms with van der Waals surface area (Å²) in [6.07, 6.45) is 0.868. The van der Waals surface area contributed by atoms with Crippen LogP contribution in [0.1, 0.15) is 10.5 Å². The van der Waals surface area contributed by atoms with Crippen LogP contribution in [-0.2, 0) is 19.9 Å². The van der Waals surface area contributed by atoms with Crippen LogP contribution in [0.3, 0.4) is 0 Å². The summed E-state index contributed by atoms with van der Waals surface area (Å²) in [7, 11) is -6.94. The van der Waals surface area contributed by atoms with Gasteiger partial charge in [0.05, 0.1) is 12.0 Å². The van der Waals surface area contributed by atoms with E-state index in [2.05, 4.69) is 4.98 Å². The monoisotopic (exact) mass is 404 g/mol. The summed E-state index contributed by atoms with van der Waals surface area (Å²) in [5.74, 6) is -0.872. The maximum Gasteiger partial charge on any atom is 0.283 e. The number of carbonyl (C=O) groups is 1. The van der Waals surface area contributed by atoms with Crippen LogP contribution in [0.15, 0.2) is 46.2 Å². The van der Waals surface area contributed by atoms with Gasteiger partial charge in [0.15, 0.2) is 9.84 Å². The lowest BCUT2D eigenvalue weighted by molar-refractivity contribution is 0.0976. The highest BCUT2D eigenvalue weighted by atomic mass is 35.5. The number of nitrogens with zero attached hydrogens (tertiary/aromatic N) is 1. The van der Waals surface area contributed by atoms with Gasteiger partial charge in [-0.05, 0) is 12.1 Å². The van der Waals surface area contributed by atoms with E-state index in [1.54, 1.807) is 4.72 Å². The molecule has 2 aromatic rings. The van der Waals surface area contributed by atoms with Crippen LogP contribution in [0, 0.1) is 0 Å². The van der Waals surface area contributed by atoms with Crippen LogP contribution >= 0.6 is 11.6 Å². The average Bonchev–Trinajstić information content (AvgIpc) is 2.53. The number of hydrogen-bond acceptors (Lipinski definition) is 7. The Labute approximate surface area is 149 Å². The number of pyridine rings is 1. The zero-order valence-corrected chi connectivity index (χ0v) is 15.4. The van der Waals surface area contributed by atoms with Crippen molar-refractivity contribution in [1.29, 1.82) is 0 Å². The van der Waals surface area contributed by atoms with Gasteiger partial charge in [-0.25, -0.2) is 26.5 Å². The third kappa shape index (κ3) is 4.47. The number of sulfonamides is 1. The Bertz CT molecular complexity index is 1040. The second kappa shape index (κ2) is 6.98. The van der Waals surface area contributed by atoms with E-state index in [0.29, 0.717) is 0 Å². The lowest BCUT2D eigenvalue weighted by atomic mass is 10.3. The van der Waals surface area contributed by atoms with Crippen molar-refractivity contribution in [2.75, 3.05) is 13.4 Å². The number of sulfone groups is 1. The van der Waals surface area contributed by atoms with Crippen LogP contribution in [0.4, 0.5) is 0 Å². The van der Waals surface area contributed by atoms with E-state index in [4.69, 9.17) is 16.3 Å². The first kappa shape index (κ1) is 19.2. The highest BCUT2D eigenvalue weighted by molar-refractivity contribution is 7.93. The van der Waals surface area contributed by atoms with E-state index >= 15 is 0 Å². The fourth-order valence-electron chi connectivity index (χ4n) is 1.92. The maximum absolute atomic E-state index is 12.4. The summed E-state index contributed by atoms with van der Waals surface area (Å²) in [6, 6.07) is 7.47. The van der Waals surface area contributed by atoms with Crippen LogP contribution in [0.25, 0.3) is 0 Å². The molecule has 1 N–H and O–H groups in total. The molecular formula is C14H13ClN2O6S2. The molecule has 8 nitrogen and oxygen atoms in total. The number of amides is 1. The minimum absolute atomic E-state index is 0.0709. The predicted octanol–water partition coefficient (Wildman–Crippen LogP) is 1.27. The number of methoxy groups -OCH3 is 1. The quantitative estimate of drug-likeness (QED) is 0.745. The lowest BCUT2D eigenvalue weighted by Crippen LogP contribution is -2.32. The van der Waals surface area contributed by atoms with Crippen LogP contribution in [0.2, 0.25) is 5.15 Å². The van der Waals surface area contributed by atoms with Gasteiger partial charge < -0.3 is 4.74 Å². The molecule has 1 amide bonds. The molecule has 1 aromatic carbocycles. The predicted molar refractivity (Wildman–Crippen MR) is 90.0 cm³/mol. The molecule has 0 bridgehead atoms. The molecule has 0 spiro atoms. The second-order valence-corrected chi connectivity index (χ2v) is 8.89. The van der Waals surface area contributed by atoms with Crippen LogP contribution < -0.4 is 9.46 Å². The Morgan fingerprint density at radius 2 is 1.72 bits per heavy atom. The van der Waals surface area contributed by atoms with Crippen molar-refractivity contribution in [3.8, 4) is 5.75 Å². The van der Waals surface area contributed by atoms with Gasteiger partial charge in [-0.2, -0.15) is 0 Å². The summed E-state index contributed by atoms with van der Waals surface area (Å²) in [6.45, 7) is 0. The number of benzene rings is 1. The Morgan fingerprint density at radius 1 is 1.12 bits per heavy atom. The molecule has 0 aliphatic carbocycles. The number of halogens is 1. The van der Waals surface area contributed by atoms with Crippen molar-refractivity contribution >= 4 is 37.4 Å². The molecule has 0 aliphatic heterocycles. The first-order valence-electron chi connectivity index (χ1n) is 6.62. The molecule has 2 rings (SSSR count). The minimum Gasteiger partial charge on any atom is -0.497 e. The molecule has 0 unspecified atom stereocenters. The highest BCUT2D eigenvalue weighted by Crippen LogP contribution is 2.21. The van der Waals surface area contributed by atoms with E-state index in [0.717, 1.165) is 18.4 Å². The zero-order valence-electron chi connectivity index (χ0n) is 13.1. The Morgan fingerprint density at radius 3 is 2.28 bits per heavy atom. The van der Waals surface area contributed by atoms with Crippen molar-refractivity contribution in [2.24, 2.45) is 0 Å². The van der Waals surface area contributed by atoms with Gasteiger partial charge in [0.2, 0.25) is 0 Å². The molecule has 0 atom stereocenters. The molecule has 134 valence electrons. The van der Waals surface area contributed by atoms with E-state index in [9.17, 15) is 21.6 Å². The van der Waals surface area contributed by atoms with Gasteiger partial charge >= 0.3 is 0 Å². The lowest BCUT2D eigenvalue weighted by Gasteiger charge is -2.10. The molecule has 0 radical (unpaired) electrons. The fraction of sp³-hybridized carbons (Fsp3) is 0.143. The SMILES string of the molecule is COc1cc(Cl)nc(C(=O)NS(=O)(=O)c2ccccc2S(C)(=O)=O)c1. The summed E-state index contributed by atoms with van der Waals surface area (Å²) in [4.78, 5) is 15.0. The van der Waals surface area contributed by atoms with E-state index < -0.39 is 35.6 Å². The molecule has 11 heteroatoms. The summed E-state index contributed by atoms with van der Waals surface area (Å²) < 4.78 is 55.1. The van der Waals surface area contributed by atoms with Crippen LogP contribution in [-0.4, -0.2) is 41.1 Å². The molecule has 0 saturated heterocycles. The Kier molecular flexibility index (Phi) is 5.35.